The van der Waals surface area contributed by atoms with Crippen molar-refractivity contribution in [2.45, 2.75) is 91.3 Å². The van der Waals surface area contributed by atoms with Crippen LogP contribution in [0, 0.1) is 34.5 Å². The summed E-state index contributed by atoms with van der Waals surface area (Å²) in [6.45, 7) is 12.2. The van der Waals surface area contributed by atoms with Crippen molar-refractivity contribution in [3.63, 3.8) is 0 Å². The fourth-order valence-corrected chi connectivity index (χ4v) is 7.24. The number of hydrogen-bond donors (Lipinski definition) is 2. The molecule has 0 heterocycles. The van der Waals surface area contributed by atoms with E-state index in [0.29, 0.717) is 0 Å². The van der Waals surface area contributed by atoms with E-state index in [-0.39, 0.29) is 16.7 Å². The SMILES string of the molecule is CC(C)(C)C(C12CC3CC(CC(C3)C1)C2)C(C)(O)C(C)(C)O. The maximum Gasteiger partial charge on any atom is 0.0938 e. The van der Waals surface area contributed by atoms with Gasteiger partial charge in [0.15, 0.2) is 0 Å². The molecule has 0 radical (unpaired) electrons. The molecule has 4 aliphatic rings. The molecule has 2 N–H and O–H groups in total. The van der Waals surface area contributed by atoms with Crippen molar-refractivity contribution in [1.29, 1.82) is 0 Å². The molecule has 128 valence electrons. The fourth-order valence-electron chi connectivity index (χ4n) is 7.24. The van der Waals surface area contributed by atoms with Gasteiger partial charge in [0.05, 0.1) is 11.2 Å². The summed E-state index contributed by atoms with van der Waals surface area (Å²) in [7, 11) is 0. The molecule has 0 spiro atoms. The minimum atomic E-state index is -1.08. The minimum absolute atomic E-state index is 0.00479. The normalized spacial score (nSPS) is 42.3. The molecule has 0 saturated heterocycles. The summed E-state index contributed by atoms with van der Waals surface area (Å²) in [4.78, 5) is 0. The molecular weight excluding hydrogens is 272 g/mol. The van der Waals surface area contributed by atoms with Crippen LogP contribution in [0.4, 0.5) is 0 Å². The van der Waals surface area contributed by atoms with Crippen molar-refractivity contribution >= 4 is 0 Å². The first kappa shape index (κ1) is 16.8. The van der Waals surface area contributed by atoms with E-state index in [0.717, 1.165) is 17.8 Å². The molecule has 4 rings (SSSR count). The van der Waals surface area contributed by atoms with Crippen molar-refractivity contribution in [1.82, 2.24) is 0 Å². The van der Waals surface area contributed by atoms with Crippen LogP contribution >= 0.6 is 0 Å². The number of aliphatic hydroxyl groups is 2. The average Bonchev–Trinajstić information content (AvgIpc) is 2.20. The molecule has 2 unspecified atom stereocenters. The van der Waals surface area contributed by atoms with Gasteiger partial charge in [-0.05, 0) is 87.9 Å². The van der Waals surface area contributed by atoms with Crippen molar-refractivity contribution in [2.24, 2.45) is 34.5 Å². The Morgan fingerprint density at radius 1 is 0.773 bits per heavy atom. The third kappa shape index (κ3) is 2.45. The zero-order valence-corrected chi connectivity index (χ0v) is 15.4. The molecule has 4 aliphatic carbocycles. The van der Waals surface area contributed by atoms with Crippen LogP contribution in [0.25, 0.3) is 0 Å². The number of rotatable bonds is 3. The Balaban J connectivity index is 2.04. The molecule has 4 fully saturated rings. The molecule has 2 heteroatoms. The van der Waals surface area contributed by atoms with Gasteiger partial charge in [-0.25, -0.2) is 0 Å². The second kappa shape index (κ2) is 4.72. The van der Waals surface area contributed by atoms with Gasteiger partial charge in [0.2, 0.25) is 0 Å². The third-order valence-electron chi connectivity index (χ3n) is 7.36. The minimum Gasteiger partial charge on any atom is -0.387 e. The van der Waals surface area contributed by atoms with Gasteiger partial charge in [-0.15, -0.1) is 0 Å². The maximum absolute atomic E-state index is 11.5. The topological polar surface area (TPSA) is 40.5 Å². The first-order valence-corrected chi connectivity index (χ1v) is 9.30. The smallest absolute Gasteiger partial charge is 0.0938 e. The summed E-state index contributed by atoms with van der Waals surface area (Å²) in [5, 5.41) is 22.2. The lowest BCUT2D eigenvalue weighted by molar-refractivity contribution is -0.235. The summed E-state index contributed by atoms with van der Waals surface area (Å²) in [6, 6.07) is 0. The van der Waals surface area contributed by atoms with Crippen LogP contribution < -0.4 is 0 Å². The van der Waals surface area contributed by atoms with Gasteiger partial charge >= 0.3 is 0 Å². The molecule has 4 saturated carbocycles. The van der Waals surface area contributed by atoms with Crippen molar-refractivity contribution in [2.75, 3.05) is 0 Å². The van der Waals surface area contributed by atoms with E-state index in [1.807, 2.05) is 6.92 Å². The average molecular weight is 309 g/mol. The van der Waals surface area contributed by atoms with Crippen molar-refractivity contribution < 1.29 is 10.2 Å². The van der Waals surface area contributed by atoms with Crippen LogP contribution in [0.3, 0.4) is 0 Å². The monoisotopic (exact) mass is 308 g/mol. The second-order valence-electron chi connectivity index (χ2n) is 10.8. The highest BCUT2D eigenvalue weighted by Gasteiger charge is 2.63. The molecule has 0 aromatic heterocycles. The van der Waals surface area contributed by atoms with Crippen LogP contribution in [0.2, 0.25) is 0 Å². The summed E-state index contributed by atoms with van der Waals surface area (Å²) >= 11 is 0. The Bertz CT molecular complexity index is 400. The standard InChI is InChI=1S/C20H36O2/c1-17(2,3)16(19(6,22)18(4,5)21)20-10-13-7-14(11-20)9-15(8-13)12-20/h13-16,21-22H,7-12H2,1-6H3. The van der Waals surface area contributed by atoms with Crippen LogP contribution in [-0.2, 0) is 0 Å². The van der Waals surface area contributed by atoms with Crippen molar-refractivity contribution in [3.8, 4) is 0 Å². The van der Waals surface area contributed by atoms with Crippen LogP contribution in [0.15, 0.2) is 0 Å². The molecule has 0 amide bonds. The van der Waals surface area contributed by atoms with E-state index < -0.39 is 11.2 Å². The van der Waals surface area contributed by atoms with Crippen LogP contribution in [0.5, 0.6) is 0 Å². The lowest BCUT2D eigenvalue weighted by atomic mass is 9.41. The molecule has 0 aromatic rings. The predicted molar refractivity (Wildman–Crippen MR) is 90.5 cm³/mol. The van der Waals surface area contributed by atoms with Crippen LogP contribution in [-0.4, -0.2) is 21.4 Å². The molecule has 0 aliphatic heterocycles. The molecule has 0 aromatic carbocycles. The van der Waals surface area contributed by atoms with Crippen LogP contribution in [0.1, 0.15) is 80.1 Å². The van der Waals surface area contributed by atoms with Gasteiger partial charge < -0.3 is 10.2 Å². The molecule has 4 bridgehead atoms. The highest BCUT2D eigenvalue weighted by atomic mass is 16.4. The van der Waals surface area contributed by atoms with Crippen molar-refractivity contribution in [3.05, 3.63) is 0 Å². The second-order valence-corrected chi connectivity index (χ2v) is 10.8. The summed E-state index contributed by atoms with van der Waals surface area (Å²) < 4.78 is 0. The highest BCUT2D eigenvalue weighted by molar-refractivity contribution is 5.12. The molecule has 22 heavy (non-hydrogen) atoms. The maximum atomic E-state index is 11.5. The summed E-state index contributed by atoms with van der Waals surface area (Å²) in [6.07, 6.45) is 8.07. The highest BCUT2D eigenvalue weighted by Crippen LogP contribution is 2.67. The van der Waals surface area contributed by atoms with Gasteiger partial charge in [-0.1, -0.05) is 20.8 Å². The lowest BCUT2D eigenvalue weighted by Crippen LogP contribution is -2.65. The Morgan fingerprint density at radius 3 is 1.41 bits per heavy atom. The van der Waals surface area contributed by atoms with E-state index in [1.165, 1.54) is 38.5 Å². The Hall–Kier alpha value is -0.0800. The van der Waals surface area contributed by atoms with Gasteiger partial charge in [0.25, 0.3) is 0 Å². The Morgan fingerprint density at radius 2 is 1.14 bits per heavy atom. The first-order valence-electron chi connectivity index (χ1n) is 9.30. The summed E-state index contributed by atoms with van der Waals surface area (Å²) in [5.74, 6) is 2.75. The Kier molecular flexibility index (Phi) is 3.60. The zero-order valence-electron chi connectivity index (χ0n) is 15.4. The van der Waals surface area contributed by atoms with E-state index in [1.54, 1.807) is 13.8 Å². The molecule has 2 atom stereocenters. The third-order valence-corrected chi connectivity index (χ3v) is 7.36. The van der Waals surface area contributed by atoms with E-state index in [9.17, 15) is 10.2 Å². The lowest BCUT2D eigenvalue weighted by Gasteiger charge is -2.65. The van der Waals surface area contributed by atoms with E-state index in [2.05, 4.69) is 20.8 Å². The van der Waals surface area contributed by atoms with Gasteiger partial charge in [0, 0.05) is 5.92 Å². The van der Waals surface area contributed by atoms with E-state index >= 15 is 0 Å². The first-order chi connectivity index (χ1) is 9.85. The summed E-state index contributed by atoms with van der Waals surface area (Å²) in [5.41, 5.74) is -1.91. The zero-order chi connectivity index (χ0) is 16.6. The van der Waals surface area contributed by atoms with Gasteiger partial charge in [0.1, 0.15) is 0 Å². The molecular formula is C20H36O2. The predicted octanol–water partition coefficient (Wildman–Crippen LogP) is 4.39. The van der Waals surface area contributed by atoms with Gasteiger partial charge in [-0.3, -0.25) is 0 Å². The number of hydrogen-bond acceptors (Lipinski definition) is 2. The van der Waals surface area contributed by atoms with E-state index in [4.69, 9.17) is 0 Å². The largest absolute Gasteiger partial charge is 0.387 e. The fraction of sp³-hybridized carbons (Fsp3) is 1.00. The molecule has 2 nitrogen and oxygen atoms in total. The quantitative estimate of drug-likeness (QED) is 0.812. The van der Waals surface area contributed by atoms with Gasteiger partial charge in [-0.2, -0.15) is 0 Å². The Labute approximate surface area is 136 Å².